The topological polar surface area (TPSA) is 72.0 Å². The van der Waals surface area contributed by atoms with Crippen molar-refractivity contribution >= 4 is 35.7 Å². The van der Waals surface area contributed by atoms with Gasteiger partial charge in [0.2, 0.25) is 5.89 Å². The minimum Gasteiger partial charge on any atom is -0.337 e. The number of benzene rings is 1. The summed E-state index contributed by atoms with van der Waals surface area (Å²) in [5, 5.41) is 12.6. The molecule has 188 valence electrons. The summed E-state index contributed by atoms with van der Waals surface area (Å²) in [6.07, 6.45) is 4.40. The third kappa shape index (κ3) is 5.22. The molecule has 7 nitrogen and oxygen atoms in total. The van der Waals surface area contributed by atoms with Crippen LogP contribution in [-0.4, -0.2) is 57.5 Å². The minimum atomic E-state index is -0.945. The van der Waals surface area contributed by atoms with Crippen molar-refractivity contribution in [2.75, 3.05) is 32.7 Å². The second kappa shape index (κ2) is 11.3. The van der Waals surface area contributed by atoms with E-state index in [0.717, 1.165) is 57.5 Å². The van der Waals surface area contributed by atoms with E-state index in [4.69, 9.17) is 4.52 Å². The molecule has 2 aliphatic rings. The van der Waals surface area contributed by atoms with Gasteiger partial charge in [0.1, 0.15) is 5.52 Å². The zero-order chi connectivity index (χ0) is 22.2. The van der Waals surface area contributed by atoms with Gasteiger partial charge in [0.15, 0.2) is 11.6 Å². The van der Waals surface area contributed by atoms with Crippen molar-refractivity contribution in [3.63, 3.8) is 0 Å². The van der Waals surface area contributed by atoms with Gasteiger partial charge in [-0.2, -0.15) is 14.8 Å². The van der Waals surface area contributed by atoms with Gasteiger partial charge in [0.05, 0.1) is 5.69 Å². The first-order chi connectivity index (χ1) is 15.5. The van der Waals surface area contributed by atoms with Crippen LogP contribution in [0, 0.1) is 17.6 Å². The van der Waals surface area contributed by atoms with Crippen LogP contribution in [0.4, 0.5) is 8.78 Å². The van der Waals surface area contributed by atoms with E-state index in [0.29, 0.717) is 17.0 Å². The summed E-state index contributed by atoms with van der Waals surface area (Å²) >= 11 is 0. The summed E-state index contributed by atoms with van der Waals surface area (Å²) in [6.45, 7) is 9.35. The molecular weight excluding hydrogens is 485 g/mol. The van der Waals surface area contributed by atoms with E-state index in [9.17, 15) is 8.78 Å². The summed E-state index contributed by atoms with van der Waals surface area (Å²) in [4.78, 5) is 7.08. The number of fused-ring (bicyclic) bond motifs is 1. The lowest BCUT2D eigenvalue weighted by atomic mass is 9.93. The fraction of sp³-hybridized carbons (Fsp3) is 0.609. The molecule has 0 unspecified atom stereocenters. The van der Waals surface area contributed by atoms with Crippen molar-refractivity contribution in [2.45, 2.75) is 51.4 Å². The Kier molecular flexibility index (Phi) is 8.89. The van der Waals surface area contributed by atoms with Crippen molar-refractivity contribution in [2.24, 2.45) is 5.92 Å². The van der Waals surface area contributed by atoms with Crippen LogP contribution in [0.5, 0.6) is 0 Å². The van der Waals surface area contributed by atoms with E-state index in [2.05, 4.69) is 25.5 Å². The minimum absolute atomic E-state index is 0. The van der Waals surface area contributed by atoms with Gasteiger partial charge in [-0.3, -0.25) is 0 Å². The first-order valence-electron chi connectivity index (χ1n) is 11.6. The lowest BCUT2D eigenvalue weighted by molar-refractivity contribution is 0.157. The van der Waals surface area contributed by atoms with Gasteiger partial charge in [0.25, 0.3) is 5.95 Å². The molecule has 0 spiro atoms. The molecule has 0 aliphatic carbocycles. The lowest BCUT2D eigenvalue weighted by Crippen LogP contribution is -2.39. The molecule has 34 heavy (non-hydrogen) atoms. The van der Waals surface area contributed by atoms with Crippen molar-refractivity contribution in [1.82, 2.24) is 30.1 Å². The number of likely N-dealkylation sites (tertiary alicyclic amines) is 1. The van der Waals surface area contributed by atoms with Gasteiger partial charge in [-0.25, -0.2) is 8.78 Å². The van der Waals surface area contributed by atoms with E-state index in [1.807, 2.05) is 13.8 Å². The molecule has 1 aromatic carbocycles. The third-order valence-corrected chi connectivity index (χ3v) is 6.84. The van der Waals surface area contributed by atoms with E-state index < -0.39 is 11.6 Å². The molecule has 1 N–H and O–H groups in total. The number of piperidine rings is 2. The van der Waals surface area contributed by atoms with Crippen LogP contribution in [0.1, 0.15) is 63.0 Å². The van der Waals surface area contributed by atoms with Crippen LogP contribution in [0.2, 0.25) is 0 Å². The van der Waals surface area contributed by atoms with Crippen molar-refractivity contribution in [3.8, 4) is 5.95 Å². The average molecular weight is 517 g/mol. The maximum atomic E-state index is 14.7. The first-order valence-corrected chi connectivity index (χ1v) is 11.6. The third-order valence-electron chi connectivity index (χ3n) is 6.84. The number of rotatable bonds is 5. The Morgan fingerprint density at radius 3 is 2.47 bits per heavy atom. The van der Waals surface area contributed by atoms with Crippen molar-refractivity contribution in [1.29, 1.82) is 0 Å². The predicted molar refractivity (Wildman–Crippen MR) is 131 cm³/mol. The predicted octanol–water partition coefficient (Wildman–Crippen LogP) is 4.83. The highest BCUT2D eigenvalue weighted by molar-refractivity contribution is 5.86. The molecule has 0 saturated carbocycles. The molecule has 4 heterocycles. The van der Waals surface area contributed by atoms with Crippen LogP contribution >= 0.6 is 24.8 Å². The maximum Gasteiger partial charge on any atom is 0.291 e. The Morgan fingerprint density at radius 1 is 1.09 bits per heavy atom. The summed E-state index contributed by atoms with van der Waals surface area (Å²) in [6, 6.07) is 2.69. The van der Waals surface area contributed by atoms with Crippen LogP contribution in [0.25, 0.3) is 16.9 Å². The highest BCUT2D eigenvalue weighted by Gasteiger charge is 2.28. The van der Waals surface area contributed by atoms with E-state index in [1.54, 1.807) is 6.07 Å². The normalized spacial score (nSPS) is 18.3. The van der Waals surface area contributed by atoms with Gasteiger partial charge >= 0.3 is 0 Å². The molecule has 5 rings (SSSR count). The van der Waals surface area contributed by atoms with Gasteiger partial charge < -0.3 is 14.7 Å². The van der Waals surface area contributed by atoms with Crippen LogP contribution in [0.15, 0.2) is 16.7 Å². The zero-order valence-electron chi connectivity index (χ0n) is 19.5. The highest BCUT2D eigenvalue weighted by atomic mass is 35.5. The van der Waals surface area contributed by atoms with E-state index in [1.165, 1.54) is 17.5 Å². The summed E-state index contributed by atoms with van der Waals surface area (Å²) in [7, 11) is 0. The molecule has 2 fully saturated rings. The number of hydrogen-bond acceptors (Lipinski definition) is 6. The van der Waals surface area contributed by atoms with Gasteiger partial charge in [-0.05, 0) is 81.0 Å². The maximum absolute atomic E-state index is 14.7. The highest BCUT2D eigenvalue weighted by Crippen LogP contribution is 2.32. The molecular formula is C23H32Cl2F2N6O. The standard InChI is InChI=1S/C23H30F2N6O.2ClH/c1-14(2)20-17-3-4-18(24)19(25)21(17)31(28-20)23-27-22(32-29-23)16-7-11-30(12-8-16)13-15-5-9-26-10-6-15;;/h3-4,14-16,26H,5-13H2,1-2H3;2*1H. The Labute approximate surface area is 210 Å². The van der Waals surface area contributed by atoms with Gasteiger partial charge in [-0.1, -0.05) is 13.8 Å². The SMILES string of the molecule is CC(C)c1nn(-c2noc(C3CCN(CC4CCNCC4)CC3)n2)c2c(F)c(F)ccc12.Cl.Cl. The second-order valence-electron chi connectivity index (χ2n) is 9.41. The van der Waals surface area contributed by atoms with E-state index >= 15 is 0 Å². The molecule has 0 amide bonds. The molecule has 3 aromatic rings. The number of aromatic nitrogens is 4. The quantitative estimate of drug-likeness (QED) is 0.523. The molecule has 11 heteroatoms. The van der Waals surface area contributed by atoms with Crippen LogP contribution in [-0.2, 0) is 0 Å². The number of nitrogens with zero attached hydrogens (tertiary/aromatic N) is 5. The molecule has 0 radical (unpaired) electrons. The van der Waals surface area contributed by atoms with Gasteiger partial charge in [0, 0.05) is 17.8 Å². The summed E-state index contributed by atoms with van der Waals surface area (Å²) < 4.78 is 35.5. The smallest absolute Gasteiger partial charge is 0.291 e. The molecule has 2 aliphatic heterocycles. The molecule has 0 bridgehead atoms. The Bertz CT molecular complexity index is 1090. The fourth-order valence-electron chi connectivity index (χ4n) is 5.01. The average Bonchev–Trinajstić information content (AvgIpc) is 3.43. The second-order valence-corrected chi connectivity index (χ2v) is 9.41. The molecule has 2 aromatic heterocycles. The monoisotopic (exact) mass is 516 g/mol. The lowest BCUT2D eigenvalue weighted by Gasteiger charge is -2.34. The van der Waals surface area contributed by atoms with Gasteiger partial charge in [-0.15, -0.1) is 24.8 Å². The number of hydrogen-bond donors (Lipinski definition) is 1. The molecule has 2 saturated heterocycles. The van der Waals surface area contributed by atoms with Crippen LogP contribution < -0.4 is 5.32 Å². The van der Waals surface area contributed by atoms with Crippen LogP contribution in [0.3, 0.4) is 0 Å². The summed E-state index contributed by atoms with van der Waals surface area (Å²) in [5.74, 6) is -0.168. The number of nitrogens with one attached hydrogen (secondary N) is 1. The largest absolute Gasteiger partial charge is 0.337 e. The van der Waals surface area contributed by atoms with Crippen molar-refractivity contribution < 1.29 is 13.3 Å². The molecule has 0 atom stereocenters. The Morgan fingerprint density at radius 2 is 1.79 bits per heavy atom. The van der Waals surface area contributed by atoms with Crippen molar-refractivity contribution in [3.05, 3.63) is 35.4 Å². The van der Waals surface area contributed by atoms with E-state index in [-0.39, 0.29) is 48.1 Å². The summed E-state index contributed by atoms with van der Waals surface area (Å²) in [5.41, 5.74) is 0.731. The first kappa shape index (κ1) is 26.8. The zero-order valence-corrected chi connectivity index (χ0v) is 21.1. The number of halogens is 4. The Balaban J connectivity index is 0.00000162. The Hall–Kier alpha value is -1.81. The fourth-order valence-corrected chi connectivity index (χ4v) is 5.01.